The first-order chi connectivity index (χ1) is 9.95. The van der Waals surface area contributed by atoms with Crippen molar-refractivity contribution in [2.45, 2.75) is 58.3 Å². The Morgan fingerprint density at radius 2 is 1.10 bits per heavy atom. The minimum Gasteiger partial charge on any atom is -0.478 e. The molecule has 0 rings (SSSR count). The second-order valence-corrected chi connectivity index (χ2v) is 4.28. The van der Waals surface area contributed by atoms with Gasteiger partial charge >= 0.3 is 11.9 Å². The van der Waals surface area contributed by atoms with E-state index < -0.39 is 11.9 Å². The molecule has 0 atom stereocenters. The summed E-state index contributed by atoms with van der Waals surface area (Å²) in [5.41, 5.74) is 0. The van der Waals surface area contributed by atoms with E-state index in [4.69, 9.17) is 15.3 Å². The summed E-state index contributed by atoms with van der Waals surface area (Å²) in [5.74, 6) is -1.96. The summed E-state index contributed by atoms with van der Waals surface area (Å²) in [7, 11) is 0. The standard InChI is InChI=1S/C10H22O.2C3H4O2/c1-2-3-4-5-6-7-8-9-10-11;2*1-2-3(4)5/h11H,2-10H2,1H3;2*2H,1H2,(H,4,5). The summed E-state index contributed by atoms with van der Waals surface area (Å²) < 4.78 is 0. The SMILES string of the molecule is C=CC(=O)O.C=CC(=O)O.CCCCCCCCCCO. The van der Waals surface area contributed by atoms with Gasteiger partial charge in [0, 0.05) is 18.8 Å². The summed E-state index contributed by atoms with van der Waals surface area (Å²) in [6.45, 7) is 8.53. The van der Waals surface area contributed by atoms with Crippen LogP contribution >= 0.6 is 0 Å². The van der Waals surface area contributed by atoms with E-state index in [1.54, 1.807) is 0 Å². The fourth-order valence-electron chi connectivity index (χ4n) is 1.25. The minimum atomic E-state index is -0.981. The summed E-state index contributed by atoms with van der Waals surface area (Å²) in [6.07, 6.45) is 12.0. The summed E-state index contributed by atoms with van der Waals surface area (Å²) in [6, 6.07) is 0. The monoisotopic (exact) mass is 302 g/mol. The van der Waals surface area contributed by atoms with Crippen molar-refractivity contribution in [3.05, 3.63) is 25.3 Å². The normalized spacial score (nSPS) is 8.48. The highest BCUT2D eigenvalue weighted by Gasteiger charge is 1.89. The molecule has 0 saturated heterocycles. The molecule has 0 amide bonds. The Morgan fingerprint density at radius 1 is 0.810 bits per heavy atom. The number of hydrogen-bond donors (Lipinski definition) is 3. The number of unbranched alkanes of at least 4 members (excludes halogenated alkanes) is 7. The van der Waals surface area contributed by atoms with Crippen LogP contribution in [0.4, 0.5) is 0 Å². The fraction of sp³-hybridized carbons (Fsp3) is 0.625. The third kappa shape index (κ3) is 45.8. The number of aliphatic hydroxyl groups excluding tert-OH is 1. The maximum atomic E-state index is 9.25. The fourth-order valence-corrected chi connectivity index (χ4v) is 1.25. The van der Waals surface area contributed by atoms with E-state index in [9.17, 15) is 9.59 Å². The lowest BCUT2D eigenvalue weighted by Gasteiger charge is -1.98. The van der Waals surface area contributed by atoms with Crippen LogP contribution in [0.15, 0.2) is 25.3 Å². The molecule has 0 bridgehead atoms. The van der Waals surface area contributed by atoms with Crippen molar-refractivity contribution in [3.63, 3.8) is 0 Å². The first-order valence-corrected chi connectivity index (χ1v) is 7.27. The molecule has 0 aliphatic carbocycles. The molecule has 0 aromatic heterocycles. The highest BCUT2D eigenvalue weighted by molar-refractivity contribution is 5.79. The lowest BCUT2D eigenvalue weighted by atomic mass is 10.1. The maximum Gasteiger partial charge on any atom is 0.327 e. The molecule has 5 heteroatoms. The van der Waals surface area contributed by atoms with E-state index in [2.05, 4.69) is 20.1 Å². The number of hydrogen-bond acceptors (Lipinski definition) is 3. The molecule has 0 aliphatic heterocycles. The van der Waals surface area contributed by atoms with E-state index >= 15 is 0 Å². The summed E-state index contributed by atoms with van der Waals surface area (Å²) >= 11 is 0. The molecule has 124 valence electrons. The van der Waals surface area contributed by atoms with Gasteiger partial charge in [-0.25, -0.2) is 9.59 Å². The van der Waals surface area contributed by atoms with E-state index in [0.717, 1.165) is 18.6 Å². The number of carbonyl (C=O) groups is 2. The van der Waals surface area contributed by atoms with Gasteiger partial charge in [0.15, 0.2) is 0 Å². The summed E-state index contributed by atoms with van der Waals surface area (Å²) in [4.78, 5) is 18.5. The average molecular weight is 302 g/mol. The van der Waals surface area contributed by atoms with E-state index in [0.29, 0.717) is 6.61 Å². The van der Waals surface area contributed by atoms with Gasteiger partial charge in [-0.2, -0.15) is 0 Å². The Labute approximate surface area is 128 Å². The van der Waals surface area contributed by atoms with Gasteiger partial charge in [0.2, 0.25) is 0 Å². The smallest absolute Gasteiger partial charge is 0.327 e. The van der Waals surface area contributed by atoms with Crippen LogP contribution in [0.3, 0.4) is 0 Å². The minimum absolute atomic E-state index is 0.370. The Bertz CT molecular complexity index is 235. The average Bonchev–Trinajstić information content (AvgIpc) is 2.47. The molecule has 0 radical (unpaired) electrons. The first-order valence-electron chi connectivity index (χ1n) is 7.27. The largest absolute Gasteiger partial charge is 0.478 e. The molecule has 0 saturated carbocycles. The van der Waals surface area contributed by atoms with Crippen LogP contribution in [0.5, 0.6) is 0 Å². The van der Waals surface area contributed by atoms with Crippen LogP contribution in [0, 0.1) is 0 Å². The zero-order valence-corrected chi connectivity index (χ0v) is 13.1. The van der Waals surface area contributed by atoms with Gasteiger partial charge in [-0.3, -0.25) is 0 Å². The quantitative estimate of drug-likeness (QED) is 0.423. The second-order valence-electron chi connectivity index (χ2n) is 4.28. The van der Waals surface area contributed by atoms with Crippen LogP contribution in [-0.2, 0) is 9.59 Å². The van der Waals surface area contributed by atoms with Gasteiger partial charge in [-0.15, -0.1) is 0 Å². The Hall–Kier alpha value is -1.62. The first kappa shape index (κ1) is 24.4. The highest BCUT2D eigenvalue weighted by Crippen LogP contribution is 2.07. The molecule has 0 aliphatic rings. The topological polar surface area (TPSA) is 94.8 Å². The molecule has 0 spiro atoms. The van der Waals surface area contributed by atoms with Crippen molar-refractivity contribution < 1.29 is 24.9 Å². The van der Waals surface area contributed by atoms with Gasteiger partial charge in [-0.05, 0) is 6.42 Å². The third-order valence-electron chi connectivity index (χ3n) is 2.36. The van der Waals surface area contributed by atoms with E-state index in [-0.39, 0.29) is 0 Å². The van der Waals surface area contributed by atoms with Crippen molar-refractivity contribution in [1.29, 1.82) is 0 Å². The zero-order chi connectivity index (χ0) is 16.9. The predicted octanol–water partition coefficient (Wildman–Crippen LogP) is 3.63. The van der Waals surface area contributed by atoms with E-state index in [1.807, 2.05) is 0 Å². The number of carboxylic acids is 2. The van der Waals surface area contributed by atoms with Crippen LogP contribution in [-0.4, -0.2) is 33.9 Å². The maximum absolute atomic E-state index is 9.25. The number of rotatable bonds is 10. The Kier molecular flexibility index (Phi) is 27.3. The summed E-state index contributed by atoms with van der Waals surface area (Å²) in [5, 5.41) is 23.7. The van der Waals surface area contributed by atoms with Crippen LogP contribution in [0.2, 0.25) is 0 Å². The molecule has 0 fully saturated rings. The Morgan fingerprint density at radius 3 is 1.33 bits per heavy atom. The molecule has 21 heavy (non-hydrogen) atoms. The number of carboxylic acid groups (broad SMARTS) is 2. The van der Waals surface area contributed by atoms with Crippen molar-refractivity contribution in [2.75, 3.05) is 6.61 Å². The molecule has 0 aromatic rings. The molecule has 0 heterocycles. The van der Waals surface area contributed by atoms with Crippen molar-refractivity contribution in [2.24, 2.45) is 0 Å². The molecule has 3 N–H and O–H groups in total. The number of aliphatic carboxylic acids is 2. The highest BCUT2D eigenvalue weighted by atomic mass is 16.4. The number of aliphatic hydroxyl groups is 1. The molecular formula is C16H30O5. The van der Waals surface area contributed by atoms with E-state index in [1.165, 1.54) is 44.9 Å². The second kappa shape index (κ2) is 23.5. The Balaban J connectivity index is -0.000000270. The molecule has 0 aromatic carbocycles. The van der Waals surface area contributed by atoms with Crippen LogP contribution in [0.25, 0.3) is 0 Å². The van der Waals surface area contributed by atoms with Gasteiger partial charge in [0.1, 0.15) is 0 Å². The van der Waals surface area contributed by atoms with Gasteiger partial charge < -0.3 is 15.3 Å². The third-order valence-corrected chi connectivity index (χ3v) is 2.36. The van der Waals surface area contributed by atoms with Gasteiger partial charge in [0.05, 0.1) is 0 Å². The predicted molar refractivity (Wildman–Crippen MR) is 85.4 cm³/mol. The molecular weight excluding hydrogens is 272 g/mol. The van der Waals surface area contributed by atoms with Crippen molar-refractivity contribution in [3.8, 4) is 0 Å². The lowest BCUT2D eigenvalue weighted by Crippen LogP contribution is -1.83. The molecule has 5 nitrogen and oxygen atoms in total. The zero-order valence-electron chi connectivity index (χ0n) is 13.1. The van der Waals surface area contributed by atoms with Crippen molar-refractivity contribution in [1.82, 2.24) is 0 Å². The lowest BCUT2D eigenvalue weighted by molar-refractivity contribution is -0.132. The van der Waals surface area contributed by atoms with Crippen molar-refractivity contribution >= 4 is 11.9 Å². The van der Waals surface area contributed by atoms with Crippen LogP contribution < -0.4 is 0 Å². The van der Waals surface area contributed by atoms with Gasteiger partial charge in [0.25, 0.3) is 0 Å². The van der Waals surface area contributed by atoms with Crippen LogP contribution in [0.1, 0.15) is 58.3 Å². The van der Waals surface area contributed by atoms with Gasteiger partial charge in [-0.1, -0.05) is 65.0 Å². The molecule has 0 unspecified atom stereocenters.